The number of carbonyl (C=O) groups is 1. The molecular formula is C16H19NO4S. The van der Waals surface area contributed by atoms with Crippen molar-refractivity contribution in [3.63, 3.8) is 0 Å². The van der Waals surface area contributed by atoms with Gasteiger partial charge in [-0.25, -0.2) is 4.98 Å². The van der Waals surface area contributed by atoms with Crippen molar-refractivity contribution in [1.29, 1.82) is 0 Å². The van der Waals surface area contributed by atoms with Gasteiger partial charge in [0, 0.05) is 17.7 Å². The van der Waals surface area contributed by atoms with Gasteiger partial charge in [-0.2, -0.15) is 0 Å². The molecule has 0 amide bonds. The summed E-state index contributed by atoms with van der Waals surface area (Å²) in [5.41, 5.74) is 1.86. The van der Waals surface area contributed by atoms with E-state index in [0.29, 0.717) is 31.3 Å². The predicted molar refractivity (Wildman–Crippen MR) is 86.2 cm³/mol. The number of nitrogens with zero attached hydrogens (tertiary/aromatic N) is 1. The van der Waals surface area contributed by atoms with Crippen LogP contribution in [0.2, 0.25) is 0 Å². The van der Waals surface area contributed by atoms with Gasteiger partial charge in [0.25, 0.3) is 0 Å². The Bertz CT molecular complexity index is 597. The van der Waals surface area contributed by atoms with E-state index in [9.17, 15) is 4.79 Å². The number of ether oxygens (including phenoxy) is 1. The molecule has 1 heterocycles. The van der Waals surface area contributed by atoms with Gasteiger partial charge in [0.2, 0.25) is 5.89 Å². The molecule has 22 heavy (non-hydrogen) atoms. The van der Waals surface area contributed by atoms with E-state index in [1.165, 1.54) is 11.8 Å². The smallest absolute Gasteiger partial charge is 0.313 e. The van der Waals surface area contributed by atoms with Crippen molar-refractivity contribution in [3.05, 3.63) is 41.8 Å². The largest absolute Gasteiger partial charge is 0.481 e. The van der Waals surface area contributed by atoms with Crippen LogP contribution in [0.3, 0.4) is 0 Å². The second-order valence-electron chi connectivity index (χ2n) is 4.70. The van der Waals surface area contributed by atoms with Gasteiger partial charge in [-0.15, -0.1) is 11.8 Å². The van der Waals surface area contributed by atoms with Gasteiger partial charge in [0.1, 0.15) is 5.76 Å². The summed E-state index contributed by atoms with van der Waals surface area (Å²) in [4.78, 5) is 14.9. The number of oxazole rings is 1. The Morgan fingerprint density at radius 1 is 1.32 bits per heavy atom. The summed E-state index contributed by atoms with van der Waals surface area (Å²) < 4.78 is 11.2. The van der Waals surface area contributed by atoms with E-state index in [4.69, 9.17) is 14.3 Å². The van der Waals surface area contributed by atoms with Crippen molar-refractivity contribution in [2.75, 3.05) is 24.7 Å². The molecule has 0 aliphatic carbocycles. The first-order chi connectivity index (χ1) is 10.7. The number of aliphatic carboxylic acids is 1. The normalized spacial score (nSPS) is 10.8. The Hall–Kier alpha value is -1.79. The molecule has 0 unspecified atom stereocenters. The molecular weight excluding hydrogens is 302 g/mol. The van der Waals surface area contributed by atoms with Gasteiger partial charge in [-0.1, -0.05) is 18.2 Å². The monoisotopic (exact) mass is 321 g/mol. The molecule has 0 spiro atoms. The van der Waals surface area contributed by atoms with Gasteiger partial charge >= 0.3 is 5.97 Å². The molecule has 6 heteroatoms. The molecule has 0 bridgehead atoms. The maximum absolute atomic E-state index is 10.3. The van der Waals surface area contributed by atoms with Gasteiger partial charge in [-0.3, -0.25) is 4.79 Å². The summed E-state index contributed by atoms with van der Waals surface area (Å²) in [5, 5.41) is 8.51. The Balaban J connectivity index is 1.75. The fourth-order valence-corrected chi connectivity index (χ4v) is 2.47. The quantitative estimate of drug-likeness (QED) is 0.716. The number of hydrogen-bond donors (Lipinski definition) is 1. The SMILES string of the molecule is Cc1oc(-c2ccccc2)nc1CCOCCSCC(=O)O. The summed E-state index contributed by atoms with van der Waals surface area (Å²) in [5.74, 6) is 1.44. The van der Waals surface area contributed by atoms with E-state index in [1.807, 2.05) is 37.3 Å². The summed E-state index contributed by atoms with van der Waals surface area (Å²) in [6, 6.07) is 9.78. The predicted octanol–water partition coefficient (Wildman–Crippen LogP) is 3.03. The lowest BCUT2D eigenvalue weighted by atomic mass is 10.2. The van der Waals surface area contributed by atoms with Crippen molar-refractivity contribution in [2.24, 2.45) is 0 Å². The maximum atomic E-state index is 10.3. The van der Waals surface area contributed by atoms with Crippen molar-refractivity contribution >= 4 is 17.7 Å². The summed E-state index contributed by atoms with van der Waals surface area (Å²) >= 11 is 1.35. The first-order valence-electron chi connectivity index (χ1n) is 7.06. The highest BCUT2D eigenvalue weighted by molar-refractivity contribution is 7.99. The molecule has 0 aliphatic rings. The zero-order valence-electron chi connectivity index (χ0n) is 12.4. The second-order valence-corrected chi connectivity index (χ2v) is 5.80. The van der Waals surface area contributed by atoms with Crippen molar-refractivity contribution in [1.82, 2.24) is 4.98 Å². The molecule has 2 aromatic rings. The minimum atomic E-state index is -0.795. The van der Waals surface area contributed by atoms with E-state index < -0.39 is 5.97 Å². The molecule has 1 aromatic heterocycles. The molecule has 0 saturated heterocycles. The number of aryl methyl sites for hydroxylation is 1. The first-order valence-corrected chi connectivity index (χ1v) is 8.21. The third-order valence-corrected chi connectivity index (χ3v) is 3.90. The standard InChI is InChI=1S/C16H19NO4S/c1-12-14(7-8-20-9-10-22-11-15(18)19)17-16(21-12)13-5-3-2-4-6-13/h2-6H,7-11H2,1H3,(H,18,19). The van der Waals surface area contributed by atoms with Crippen LogP contribution >= 0.6 is 11.8 Å². The molecule has 0 atom stereocenters. The second kappa shape index (κ2) is 8.60. The number of rotatable bonds is 9. The van der Waals surface area contributed by atoms with E-state index in [1.54, 1.807) is 0 Å². The Morgan fingerprint density at radius 2 is 2.09 bits per heavy atom. The van der Waals surface area contributed by atoms with Crippen LogP contribution in [0, 0.1) is 6.92 Å². The third kappa shape index (κ3) is 5.20. The van der Waals surface area contributed by atoms with Crippen LogP contribution in [0.4, 0.5) is 0 Å². The van der Waals surface area contributed by atoms with Crippen molar-refractivity contribution < 1.29 is 19.1 Å². The molecule has 1 aromatic carbocycles. The lowest BCUT2D eigenvalue weighted by molar-refractivity contribution is -0.133. The average Bonchev–Trinajstić information content (AvgIpc) is 2.88. The van der Waals surface area contributed by atoms with Crippen LogP contribution in [0.25, 0.3) is 11.5 Å². The average molecular weight is 321 g/mol. The summed E-state index contributed by atoms with van der Waals surface area (Å²) in [6.45, 7) is 2.99. The number of hydrogen-bond acceptors (Lipinski definition) is 5. The van der Waals surface area contributed by atoms with Crippen LogP contribution in [0.15, 0.2) is 34.7 Å². The Kier molecular flexibility index (Phi) is 6.48. The zero-order valence-corrected chi connectivity index (χ0v) is 13.3. The number of thioether (sulfide) groups is 1. The molecule has 0 saturated carbocycles. The number of aromatic nitrogens is 1. The van der Waals surface area contributed by atoms with E-state index in [2.05, 4.69) is 4.98 Å². The third-order valence-electron chi connectivity index (χ3n) is 2.99. The van der Waals surface area contributed by atoms with E-state index >= 15 is 0 Å². The molecule has 0 fully saturated rings. The molecule has 0 radical (unpaired) electrons. The topological polar surface area (TPSA) is 72.6 Å². The van der Waals surface area contributed by atoms with Crippen molar-refractivity contribution in [2.45, 2.75) is 13.3 Å². The molecule has 0 aliphatic heterocycles. The number of benzene rings is 1. The number of carboxylic acid groups (broad SMARTS) is 1. The van der Waals surface area contributed by atoms with Gasteiger partial charge in [-0.05, 0) is 19.1 Å². The van der Waals surface area contributed by atoms with Crippen LogP contribution in [-0.2, 0) is 16.0 Å². The maximum Gasteiger partial charge on any atom is 0.313 e. The minimum absolute atomic E-state index is 0.117. The molecule has 5 nitrogen and oxygen atoms in total. The first kappa shape index (κ1) is 16.6. The molecule has 1 N–H and O–H groups in total. The highest BCUT2D eigenvalue weighted by atomic mass is 32.2. The summed E-state index contributed by atoms with van der Waals surface area (Å²) in [6.07, 6.45) is 0.686. The van der Waals surface area contributed by atoms with Crippen LogP contribution in [0.1, 0.15) is 11.5 Å². The molecule has 2 rings (SSSR count). The molecule has 118 valence electrons. The summed E-state index contributed by atoms with van der Waals surface area (Å²) in [7, 11) is 0. The van der Waals surface area contributed by atoms with Gasteiger partial charge in [0.05, 0.1) is 24.7 Å². The van der Waals surface area contributed by atoms with Crippen molar-refractivity contribution in [3.8, 4) is 11.5 Å². The minimum Gasteiger partial charge on any atom is -0.481 e. The van der Waals surface area contributed by atoms with E-state index in [0.717, 1.165) is 17.0 Å². The Labute approximate surface area is 133 Å². The van der Waals surface area contributed by atoms with Crippen LogP contribution < -0.4 is 0 Å². The highest BCUT2D eigenvalue weighted by Gasteiger charge is 2.10. The Morgan fingerprint density at radius 3 is 2.82 bits per heavy atom. The lowest BCUT2D eigenvalue weighted by Crippen LogP contribution is -2.05. The van der Waals surface area contributed by atoms with E-state index in [-0.39, 0.29) is 5.75 Å². The number of carboxylic acids is 1. The van der Waals surface area contributed by atoms with Gasteiger partial charge in [0.15, 0.2) is 0 Å². The van der Waals surface area contributed by atoms with Crippen LogP contribution in [0.5, 0.6) is 0 Å². The van der Waals surface area contributed by atoms with Gasteiger partial charge < -0.3 is 14.3 Å². The zero-order chi connectivity index (χ0) is 15.8. The highest BCUT2D eigenvalue weighted by Crippen LogP contribution is 2.21. The van der Waals surface area contributed by atoms with Crippen LogP contribution in [-0.4, -0.2) is 40.8 Å². The fourth-order valence-electron chi connectivity index (χ4n) is 1.91. The fraction of sp³-hybridized carbons (Fsp3) is 0.375. The lowest BCUT2D eigenvalue weighted by Gasteiger charge is -2.02.